The number of amides is 2. The Bertz CT molecular complexity index is 520. The van der Waals surface area contributed by atoms with E-state index in [2.05, 4.69) is 0 Å². The molecule has 2 amide bonds. The third-order valence-electron chi connectivity index (χ3n) is 3.41. The molecule has 1 aliphatic heterocycles. The number of hydrogen-bond donors (Lipinski definition) is 1. The number of nitrogens with zero attached hydrogens (tertiary/aromatic N) is 2. The van der Waals surface area contributed by atoms with Crippen LogP contribution in [0.25, 0.3) is 0 Å². The third kappa shape index (κ3) is 5.01. The van der Waals surface area contributed by atoms with Crippen molar-refractivity contribution in [3.05, 3.63) is 0 Å². The van der Waals surface area contributed by atoms with Gasteiger partial charge >= 0.3 is 18.2 Å². The van der Waals surface area contributed by atoms with Gasteiger partial charge in [-0.05, 0) is 48.5 Å². The highest BCUT2D eigenvalue weighted by Crippen LogP contribution is 2.26. The maximum atomic E-state index is 12.3. The first-order valence-electron chi connectivity index (χ1n) is 7.88. The number of carboxylic acid groups (broad SMARTS) is 1. The molecule has 0 bridgehead atoms. The van der Waals surface area contributed by atoms with Gasteiger partial charge in [-0.3, -0.25) is 4.90 Å². The molecule has 0 aliphatic carbocycles. The lowest BCUT2D eigenvalue weighted by Crippen LogP contribution is -2.67. The van der Waals surface area contributed by atoms with Crippen molar-refractivity contribution in [3.8, 4) is 0 Å². The zero-order valence-electron chi connectivity index (χ0n) is 15.5. The molecule has 24 heavy (non-hydrogen) atoms. The molecule has 1 N–H and O–H groups in total. The number of hydrogen-bond acceptors (Lipinski definition) is 5. The minimum atomic E-state index is -1.59. The topological polar surface area (TPSA) is 96.4 Å². The van der Waals surface area contributed by atoms with E-state index in [9.17, 15) is 19.5 Å². The van der Waals surface area contributed by atoms with E-state index in [-0.39, 0.29) is 19.6 Å². The Morgan fingerprint density at radius 2 is 1.38 bits per heavy atom. The zero-order chi connectivity index (χ0) is 18.9. The largest absolute Gasteiger partial charge is 0.479 e. The lowest BCUT2D eigenvalue weighted by Gasteiger charge is -2.45. The van der Waals surface area contributed by atoms with E-state index in [0.29, 0.717) is 0 Å². The van der Waals surface area contributed by atoms with Gasteiger partial charge in [0.15, 0.2) is 5.54 Å². The van der Waals surface area contributed by atoms with Crippen molar-refractivity contribution in [3.63, 3.8) is 0 Å². The molecule has 1 aliphatic rings. The van der Waals surface area contributed by atoms with Crippen molar-refractivity contribution in [1.29, 1.82) is 0 Å². The average molecular weight is 344 g/mol. The van der Waals surface area contributed by atoms with Gasteiger partial charge in [-0.1, -0.05) is 0 Å². The first-order valence-corrected chi connectivity index (χ1v) is 7.88. The second-order valence-corrected chi connectivity index (χ2v) is 8.11. The van der Waals surface area contributed by atoms with E-state index in [1.54, 1.807) is 41.5 Å². The van der Waals surface area contributed by atoms with Crippen LogP contribution in [-0.4, -0.2) is 69.4 Å². The Morgan fingerprint density at radius 3 is 1.79 bits per heavy atom. The Kier molecular flexibility index (Phi) is 5.42. The quantitative estimate of drug-likeness (QED) is 0.784. The highest BCUT2D eigenvalue weighted by molar-refractivity contribution is 5.85. The van der Waals surface area contributed by atoms with Crippen LogP contribution >= 0.6 is 0 Å². The minimum Gasteiger partial charge on any atom is -0.479 e. The van der Waals surface area contributed by atoms with E-state index in [1.165, 1.54) is 11.8 Å². The van der Waals surface area contributed by atoms with Crippen molar-refractivity contribution < 1.29 is 29.0 Å². The molecule has 0 saturated carbocycles. The van der Waals surface area contributed by atoms with Gasteiger partial charge in [0.05, 0.1) is 6.54 Å². The fraction of sp³-hybridized carbons (Fsp3) is 0.812. The van der Waals surface area contributed by atoms with Gasteiger partial charge in [0.2, 0.25) is 0 Å². The molecule has 8 heteroatoms. The first kappa shape index (κ1) is 20.1. The predicted molar refractivity (Wildman–Crippen MR) is 86.8 cm³/mol. The van der Waals surface area contributed by atoms with Crippen molar-refractivity contribution in [1.82, 2.24) is 9.80 Å². The Balaban J connectivity index is 2.96. The van der Waals surface area contributed by atoms with Crippen molar-refractivity contribution >= 4 is 18.2 Å². The summed E-state index contributed by atoms with van der Waals surface area (Å²) in [5.74, 6) is -1.21. The Morgan fingerprint density at radius 1 is 0.917 bits per heavy atom. The molecular weight excluding hydrogens is 316 g/mol. The highest BCUT2D eigenvalue weighted by atomic mass is 16.6. The van der Waals surface area contributed by atoms with Crippen LogP contribution in [0.2, 0.25) is 0 Å². The third-order valence-corrected chi connectivity index (χ3v) is 3.41. The molecule has 0 aromatic carbocycles. The highest BCUT2D eigenvalue weighted by Gasteiger charge is 2.49. The molecule has 1 heterocycles. The fourth-order valence-electron chi connectivity index (χ4n) is 2.28. The van der Waals surface area contributed by atoms with Crippen molar-refractivity contribution in [2.45, 2.75) is 65.2 Å². The first-order chi connectivity index (χ1) is 10.7. The normalized spacial score (nSPS) is 22.1. The van der Waals surface area contributed by atoms with Crippen LogP contribution in [0.3, 0.4) is 0 Å². The number of ether oxygens (including phenoxy) is 2. The number of rotatable bonds is 1. The van der Waals surface area contributed by atoms with Crippen LogP contribution in [0, 0.1) is 0 Å². The summed E-state index contributed by atoms with van der Waals surface area (Å²) in [7, 11) is 0. The molecule has 0 aromatic heterocycles. The van der Waals surface area contributed by atoms with Crippen molar-refractivity contribution in [2.75, 3.05) is 19.6 Å². The van der Waals surface area contributed by atoms with Gasteiger partial charge in [-0.2, -0.15) is 0 Å². The van der Waals surface area contributed by atoms with Crippen LogP contribution in [0.1, 0.15) is 48.5 Å². The Labute approximate surface area is 142 Å². The summed E-state index contributed by atoms with van der Waals surface area (Å²) in [6.07, 6.45) is -1.31. The van der Waals surface area contributed by atoms with Crippen LogP contribution < -0.4 is 0 Å². The summed E-state index contributed by atoms with van der Waals surface area (Å²) in [6, 6.07) is 0. The molecule has 8 nitrogen and oxygen atoms in total. The maximum absolute atomic E-state index is 12.3. The van der Waals surface area contributed by atoms with Gasteiger partial charge in [0, 0.05) is 13.1 Å². The molecule has 1 rings (SSSR count). The zero-order valence-corrected chi connectivity index (χ0v) is 15.5. The summed E-state index contributed by atoms with van der Waals surface area (Å²) in [6.45, 7) is 11.8. The number of aliphatic carboxylic acids is 1. The molecule has 0 radical (unpaired) electrons. The van der Waals surface area contributed by atoms with Crippen LogP contribution in [0.5, 0.6) is 0 Å². The lowest BCUT2D eigenvalue weighted by atomic mass is 9.97. The van der Waals surface area contributed by atoms with Gasteiger partial charge < -0.3 is 19.5 Å². The standard InChI is InChI=1S/C16H28N2O6/c1-14(2,3)23-12(21)17-8-9-18(13(22)24-15(4,5)6)16(7,10-17)11(19)20/h8-10H2,1-7H3,(H,19,20). The second kappa shape index (κ2) is 6.49. The van der Waals surface area contributed by atoms with Crippen LogP contribution in [-0.2, 0) is 14.3 Å². The summed E-state index contributed by atoms with van der Waals surface area (Å²) < 4.78 is 10.6. The maximum Gasteiger partial charge on any atom is 0.411 e. The lowest BCUT2D eigenvalue weighted by molar-refractivity contribution is -0.153. The van der Waals surface area contributed by atoms with E-state index >= 15 is 0 Å². The SMILES string of the molecule is CC(C)(C)OC(=O)N1CCN(C(=O)OC(C)(C)C)C(C)(C(=O)O)C1. The van der Waals surface area contributed by atoms with E-state index in [1.807, 2.05) is 0 Å². The molecule has 0 aromatic rings. The number of carbonyl (C=O) groups is 3. The molecule has 1 saturated heterocycles. The molecule has 138 valence electrons. The van der Waals surface area contributed by atoms with E-state index in [0.717, 1.165) is 4.90 Å². The molecule has 1 fully saturated rings. The smallest absolute Gasteiger partial charge is 0.411 e. The Hall–Kier alpha value is -1.99. The fourth-order valence-corrected chi connectivity index (χ4v) is 2.28. The van der Waals surface area contributed by atoms with Crippen LogP contribution in [0.4, 0.5) is 9.59 Å². The molecular formula is C16H28N2O6. The summed E-state index contributed by atoms with van der Waals surface area (Å²) in [4.78, 5) is 38.8. The van der Waals surface area contributed by atoms with Crippen molar-refractivity contribution in [2.24, 2.45) is 0 Å². The number of carboxylic acids is 1. The second-order valence-electron chi connectivity index (χ2n) is 8.11. The van der Waals surface area contributed by atoms with E-state index < -0.39 is 34.9 Å². The average Bonchev–Trinajstić information content (AvgIpc) is 2.33. The van der Waals surface area contributed by atoms with E-state index in [4.69, 9.17) is 9.47 Å². The van der Waals surface area contributed by atoms with Crippen LogP contribution in [0.15, 0.2) is 0 Å². The summed E-state index contributed by atoms with van der Waals surface area (Å²) >= 11 is 0. The van der Waals surface area contributed by atoms with Gasteiger partial charge in [-0.15, -0.1) is 0 Å². The van der Waals surface area contributed by atoms with Gasteiger partial charge in [0.25, 0.3) is 0 Å². The van der Waals surface area contributed by atoms with Gasteiger partial charge in [0.1, 0.15) is 11.2 Å². The summed E-state index contributed by atoms with van der Waals surface area (Å²) in [5, 5.41) is 9.62. The van der Waals surface area contributed by atoms with Gasteiger partial charge in [-0.25, -0.2) is 14.4 Å². The molecule has 1 atom stereocenters. The minimum absolute atomic E-state index is 0.0525. The summed E-state index contributed by atoms with van der Waals surface area (Å²) in [5.41, 5.74) is -3.00. The monoisotopic (exact) mass is 344 g/mol. The number of piperazine rings is 1. The molecule has 0 spiro atoms. The molecule has 1 unspecified atom stereocenters. The predicted octanol–water partition coefficient (Wildman–Crippen LogP) is 2.32. The number of carbonyl (C=O) groups excluding carboxylic acids is 2.